The van der Waals surface area contributed by atoms with Gasteiger partial charge in [-0.3, -0.25) is 9.59 Å². The van der Waals surface area contributed by atoms with Crippen LogP contribution in [0.4, 0.5) is 5.69 Å². The first-order valence-electron chi connectivity index (χ1n) is 5.49. The molecule has 0 radical (unpaired) electrons. The fourth-order valence-corrected chi connectivity index (χ4v) is 1.49. The first-order chi connectivity index (χ1) is 8.56. The van der Waals surface area contributed by atoms with Gasteiger partial charge in [0.2, 0.25) is 5.91 Å². The lowest BCUT2D eigenvalue weighted by molar-refractivity contribution is -0.119. The number of carbonyl (C=O) groups excluding carboxylic acids is 2. The molecule has 3 N–H and O–H groups in total. The van der Waals surface area contributed by atoms with Crippen molar-refractivity contribution in [2.24, 2.45) is 0 Å². The van der Waals surface area contributed by atoms with Crippen LogP contribution >= 0.6 is 12.2 Å². The second-order valence-electron chi connectivity index (χ2n) is 3.52. The monoisotopic (exact) mass is 265 g/mol. The molecule has 5 nitrogen and oxygen atoms in total. The average molecular weight is 265 g/mol. The van der Waals surface area contributed by atoms with E-state index in [9.17, 15) is 9.59 Å². The van der Waals surface area contributed by atoms with E-state index >= 15 is 0 Å². The maximum Gasteiger partial charge on any atom is 0.251 e. The number of nitrogens with one attached hydrogen (secondary N) is 3. The van der Waals surface area contributed by atoms with Crippen LogP contribution in [-0.2, 0) is 4.79 Å². The zero-order chi connectivity index (χ0) is 13.5. The Balaban J connectivity index is 2.70. The van der Waals surface area contributed by atoms with Crippen LogP contribution in [0, 0.1) is 0 Å². The summed E-state index contributed by atoms with van der Waals surface area (Å²) in [6, 6.07) is 6.84. The largest absolute Gasteiger partial charge is 0.355 e. The van der Waals surface area contributed by atoms with E-state index in [4.69, 9.17) is 12.2 Å². The van der Waals surface area contributed by atoms with Gasteiger partial charge in [0.05, 0.1) is 0 Å². The number of amides is 2. The van der Waals surface area contributed by atoms with Crippen LogP contribution in [-0.4, -0.2) is 24.0 Å². The van der Waals surface area contributed by atoms with Crippen molar-refractivity contribution in [3.63, 3.8) is 0 Å². The summed E-state index contributed by atoms with van der Waals surface area (Å²) in [6.07, 6.45) is 0.361. The number of thiocarbonyl (C=S) groups is 1. The highest BCUT2D eigenvalue weighted by Gasteiger charge is 2.05. The molecule has 96 valence electrons. The van der Waals surface area contributed by atoms with Crippen molar-refractivity contribution < 1.29 is 9.59 Å². The third-order valence-corrected chi connectivity index (χ3v) is 2.39. The molecule has 0 atom stereocenters. The summed E-state index contributed by atoms with van der Waals surface area (Å²) in [6.45, 7) is 1.74. The molecule has 0 heterocycles. The molecule has 0 spiro atoms. The molecule has 0 saturated heterocycles. The highest BCUT2D eigenvalue weighted by atomic mass is 32.1. The van der Waals surface area contributed by atoms with Gasteiger partial charge in [0.15, 0.2) is 5.11 Å². The van der Waals surface area contributed by atoms with E-state index in [1.807, 2.05) is 0 Å². The third-order valence-electron chi connectivity index (χ3n) is 2.18. The van der Waals surface area contributed by atoms with Gasteiger partial charge >= 0.3 is 0 Å². The molecule has 0 saturated carbocycles. The first-order valence-corrected chi connectivity index (χ1v) is 5.90. The second kappa shape index (κ2) is 6.70. The van der Waals surface area contributed by atoms with Crippen molar-refractivity contribution in [1.82, 2.24) is 10.6 Å². The lowest BCUT2D eigenvalue weighted by Gasteiger charge is -2.09. The number of hydrogen-bond acceptors (Lipinski definition) is 3. The quantitative estimate of drug-likeness (QED) is 0.720. The van der Waals surface area contributed by atoms with E-state index in [0.717, 1.165) is 0 Å². The number of carbonyl (C=O) groups is 2. The SMILES string of the molecule is CCC(=O)NC(=S)Nc1cccc(C(=O)NC)c1. The maximum atomic E-state index is 11.4. The van der Waals surface area contributed by atoms with Gasteiger partial charge in [0, 0.05) is 24.7 Å². The number of anilines is 1. The summed E-state index contributed by atoms with van der Waals surface area (Å²) in [5.41, 5.74) is 1.17. The summed E-state index contributed by atoms with van der Waals surface area (Å²) in [5, 5.41) is 8.12. The Morgan fingerprint density at radius 1 is 1.33 bits per heavy atom. The summed E-state index contributed by atoms with van der Waals surface area (Å²) < 4.78 is 0. The van der Waals surface area contributed by atoms with Crippen molar-refractivity contribution in [1.29, 1.82) is 0 Å². The van der Waals surface area contributed by atoms with E-state index in [-0.39, 0.29) is 16.9 Å². The highest BCUT2D eigenvalue weighted by Crippen LogP contribution is 2.10. The van der Waals surface area contributed by atoms with E-state index in [1.165, 1.54) is 0 Å². The molecule has 2 amide bonds. The lowest BCUT2D eigenvalue weighted by atomic mass is 10.2. The normalized spacial score (nSPS) is 9.44. The fourth-order valence-electron chi connectivity index (χ4n) is 1.26. The van der Waals surface area contributed by atoms with Crippen LogP contribution in [0.3, 0.4) is 0 Å². The topological polar surface area (TPSA) is 70.2 Å². The molecule has 6 heteroatoms. The molecule has 1 rings (SSSR count). The Hall–Kier alpha value is -1.95. The number of rotatable bonds is 3. The minimum atomic E-state index is -0.179. The van der Waals surface area contributed by atoms with Gasteiger partial charge in [-0.2, -0.15) is 0 Å². The smallest absolute Gasteiger partial charge is 0.251 e. The van der Waals surface area contributed by atoms with Gasteiger partial charge in [-0.05, 0) is 30.4 Å². The summed E-state index contributed by atoms with van der Waals surface area (Å²) in [4.78, 5) is 22.6. The standard InChI is InChI=1S/C12H15N3O2S/c1-3-10(16)15-12(18)14-9-6-4-5-8(7-9)11(17)13-2/h4-7H,3H2,1-2H3,(H,13,17)(H2,14,15,16,18). The number of benzene rings is 1. The first kappa shape index (κ1) is 14.1. The van der Waals surface area contributed by atoms with Crippen molar-refractivity contribution >= 4 is 34.8 Å². The Morgan fingerprint density at radius 3 is 2.67 bits per heavy atom. The van der Waals surface area contributed by atoms with E-state index in [1.54, 1.807) is 38.2 Å². The molecule has 1 aromatic rings. The van der Waals surface area contributed by atoms with Crippen molar-refractivity contribution in [3.8, 4) is 0 Å². The van der Waals surface area contributed by atoms with Crippen LogP contribution in [0.2, 0.25) is 0 Å². The van der Waals surface area contributed by atoms with Crippen LogP contribution in [0.5, 0.6) is 0 Å². The third kappa shape index (κ3) is 4.14. The van der Waals surface area contributed by atoms with Gasteiger partial charge in [-0.1, -0.05) is 13.0 Å². The van der Waals surface area contributed by atoms with E-state index in [2.05, 4.69) is 16.0 Å². The fraction of sp³-hybridized carbons (Fsp3) is 0.250. The molecule has 18 heavy (non-hydrogen) atoms. The van der Waals surface area contributed by atoms with Gasteiger partial charge in [0.25, 0.3) is 5.91 Å². The second-order valence-corrected chi connectivity index (χ2v) is 3.92. The van der Waals surface area contributed by atoms with Gasteiger partial charge < -0.3 is 16.0 Å². The molecule has 0 unspecified atom stereocenters. The average Bonchev–Trinajstić information content (AvgIpc) is 2.37. The number of hydrogen-bond donors (Lipinski definition) is 3. The van der Waals surface area contributed by atoms with Gasteiger partial charge in [-0.15, -0.1) is 0 Å². The predicted octanol–water partition coefficient (Wildman–Crippen LogP) is 1.27. The van der Waals surface area contributed by atoms with E-state index in [0.29, 0.717) is 17.7 Å². The summed E-state index contributed by atoms with van der Waals surface area (Å²) >= 11 is 4.97. The Labute approximate surface area is 111 Å². The zero-order valence-electron chi connectivity index (χ0n) is 10.2. The highest BCUT2D eigenvalue weighted by molar-refractivity contribution is 7.80. The van der Waals surface area contributed by atoms with Crippen LogP contribution in [0.25, 0.3) is 0 Å². The van der Waals surface area contributed by atoms with Crippen molar-refractivity contribution in [2.45, 2.75) is 13.3 Å². The van der Waals surface area contributed by atoms with Gasteiger partial charge in [0.1, 0.15) is 0 Å². The molecule has 0 aliphatic heterocycles. The molecule has 1 aromatic carbocycles. The molecule has 0 aromatic heterocycles. The van der Waals surface area contributed by atoms with Gasteiger partial charge in [-0.25, -0.2) is 0 Å². The van der Waals surface area contributed by atoms with Crippen LogP contribution in [0.15, 0.2) is 24.3 Å². The molecule has 0 bridgehead atoms. The maximum absolute atomic E-state index is 11.4. The molecular weight excluding hydrogens is 250 g/mol. The summed E-state index contributed by atoms with van der Waals surface area (Å²) in [5.74, 6) is -0.336. The predicted molar refractivity (Wildman–Crippen MR) is 74.5 cm³/mol. The minimum absolute atomic E-state index is 0.157. The molecule has 0 fully saturated rings. The minimum Gasteiger partial charge on any atom is -0.355 e. The molecule has 0 aliphatic carbocycles. The lowest BCUT2D eigenvalue weighted by Crippen LogP contribution is -2.33. The Kier molecular flexibility index (Phi) is 5.26. The van der Waals surface area contributed by atoms with Crippen molar-refractivity contribution in [2.75, 3.05) is 12.4 Å². The van der Waals surface area contributed by atoms with Crippen LogP contribution in [0.1, 0.15) is 23.7 Å². The van der Waals surface area contributed by atoms with Crippen molar-refractivity contribution in [3.05, 3.63) is 29.8 Å². The zero-order valence-corrected chi connectivity index (χ0v) is 11.1. The Bertz CT molecular complexity index is 474. The Morgan fingerprint density at radius 2 is 2.06 bits per heavy atom. The van der Waals surface area contributed by atoms with E-state index < -0.39 is 0 Å². The summed E-state index contributed by atoms with van der Waals surface area (Å²) in [7, 11) is 1.56. The molecular formula is C12H15N3O2S. The molecule has 0 aliphatic rings. The van der Waals surface area contributed by atoms with Crippen LogP contribution < -0.4 is 16.0 Å².